The molecule has 1 fully saturated rings. The molecule has 0 amide bonds. The fourth-order valence-electron chi connectivity index (χ4n) is 2.30. The van der Waals surface area contributed by atoms with E-state index in [0.717, 1.165) is 18.8 Å². The van der Waals surface area contributed by atoms with Gasteiger partial charge in [-0.25, -0.2) is 0 Å². The predicted octanol–water partition coefficient (Wildman–Crippen LogP) is 2.66. The molecule has 4 N–H and O–H groups in total. The summed E-state index contributed by atoms with van der Waals surface area (Å²) in [6.45, 7) is 7.96. The van der Waals surface area contributed by atoms with Crippen LogP contribution in [0, 0.1) is 22.7 Å². The molecule has 6 nitrogen and oxygen atoms in total. The average Bonchev–Trinajstić information content (AvgIpc) is 2.57. The normalized spacial score (nSPS) is 15.3. The summed E-state index contributed by atoms with van der Waals surface area (Å²) in [6.07, 6.45) is 3.65. The topological polar surface area (TPSA) is 112 Å². The van der Waals surface area contributed by atoms with Crippen molar-refractivity contribution < 1.29 is 4.74 Å². The first-order valence-corrected chi connectivity index (χ1v) is 8.81. The molecule has 1 aliphatic rings. The molecule has 0 aromatic carbocycles. The monoisotopic (exact) mass is 379 g/mol. The number of rotatable bonds is 5. The molecule has 25 heavy (non-hydrogen) atoms. The Bertz CT molecular complexity index is 634. The van der Waals surface area contributed by atoms with Crippen molar-refractivity contribution in [1.82, 2.24) is 4.90 Å². The van der Waals surface area contributed by atoms with Crippen molar-refractivity contribution in [3.05, 3.63) is 22.6 Å². The number of piperidine rings is 1. The van der Waals surface area contributed by atoms with Crippen molar-refractivity contribution in [1.29, 1.82) is 10.5 Å². The van der Waals surface area contributed by atoms with Gasteiger partial charge in [-0.15, -0.1) is 0 Å². The fraction of sp³-hybridized carbons (Fsp3) is 0.529. The SMILES string of the molecule is C/C(=C(\C#N)C(N)=S)N1CCCCC1.CCO/C(C)=C(/C#N)C(N)=S. The molecule has 1 heterocycles. The largest absolute Gasteiger partial charge is 0.497 e. The van der Waals surface area contributed by atoms with Crippen molar-refractivity contribution in [2.45, 2.75) is 40.0 Å². The van der Waals surface area contributed by atoms with E-state index < -0.39 is 0 Å². The van der Waals surface area contributed by atoms with Crippen LogP contribution in [0.4, 0.5) is 0 Å². The van der Waals surface area contributed by atoms with Gasteiger partial charge >= 0.3 is 0 Å². The third-order valence-electron chi connectivity index (χ3n) is 3.62. The van der Waals surface area contributed by atoms with E-state index in [-0.39, 0.29) is 15.6 Å². The van der Waals surface area contributed by atoms with Crippen LogP contribution in [0.1, 0.15) is 40.0 Å². The number of likely N-dealkylation sites (tertiary alicyclic amines) is 1. The standard InChI is InChI=1S/C10H15N3S.C7H10N2OS/c1-8(9(7-11)10(12)14)13-5-3-2-4-6-13;1-3-10-5(2)6(4-8)7(9)11/h2-6H2,1H3,(H2,12,14);3H2,1-2H3,(H2,9,11)/b9-8-;6-5-. The number of hydrogen-bond donors (Lipinski definition) is 2. The molecular formula is C17H25N5OS2. The number of nitrogens with zero attached hydrogens (tertiary/aromatic N) is 3. The molecule has 0 aromatic rings. The van der Waals surface area contributed by atoms with E-state index in [1.165, 1.54) is 19.3 Å². The number of ether oxygens (including phenoxy) is 1. The van der Waals surface area contributed by atoms with Crippen molar-refractivity contribution in [3.8, 4) is 12.1 Å². The highest BCUT2D eigenvalue weighted by Gasteiger charge is 2.14. The minimum absolute atomic E-state index is 0.0819. The summed E-state index contributed by atoms with van der Waals surface area (Å²) in [5, 5.41) is 17.4. The zero-order valence-corrected chi connectivity index (χ0v) is 16.6. The molecule has 0 atom stereocenters. The second-order valence-corrected chi connectivity index (χ2v) is 6.20. The lowest BCUT2D eigenvalue weighted by atomic mass is 10.1. The molecule has 0 aliphatic carbocycles. The molecule has 0 saturated carbocycles. The Morgan fingerprint density at radius 2 is 1.48 bits per heavy atom. The van der Waals surface area contributed by atoms with Crippen LogP contribution in [-0.4, -0.2) is 34.6 Å². The third-order valence-corrected chi connectivity index (χ3v) is 4.03. The maximum Gasteiger partial charge on any atom is 0.123 e. The van der Waals surface area contributed by atoms with Gasteiger partial charge in [0.05, 0.1) is 6.61 Å². The average molecular weight is 380 g/mol. The van der Waals surface area contributed by atoms with E-state index >= 15 is 0 Å². The lowest BCUT2D eigenvalue weighted by Gasteiger charge is -2.29. The van der Waals surface area contributed by atoms with Crippen molar-refractivity contribution in [2.75, 3.05) is 19.7 Å². The summed E-state index contributed by atoms with van der Waals surface area (Å²) < 4.78 is 5.05. The molecule has 0 radical (unpaired) electrons. The van der Waals surface area contributed by atoms with E-state index in [0.29, 0.717) is 17.9 Å². The molecular weight excluding hydrogens is 354 g/mol. The van der Waals surface area contributed by atoms with Gasteiger partial charge < -0.3 is 21.1 Å². The van der Waals surface area contributed by atoms with Crippen LogP contribution in [0.15, 0.2) is 22.6 Å². The van der Waals surface area contributed by atoms with Gasteiger partial charge in [-0.2, -0.15) is 10.5 Å². The first-order valence-electron chi connectivity index (χ1n) is 7.99. The molecule has 1 saturated heterocycles. The van der Waals surface area contributed by atoms with E-state index in [1.54, 1.807) is 6.92 Å². The molecule has 1 aliphatic heterocycles. The van der Waals surface area contributed by atoms with E-state index in [2.05, 4.69) is 23.2 Å². The Hall–Kier alpha value is -2.16. The maximum absolute atomic E-state index is 8.90. The molecule has 8 heteroatoms. The first kappa shape index (κ1) is 22.8. The predicted molar refractivity (Wildman–Crippen MR) is 107 cm³/mol. The summed E-state index contributed by atoms with van der Waals surface area (Å²) in [6, 6.07) is 3.94. The number of hydrogen-bond acceptors (Lipinski definition) is 6. The van der Waals surface area contributed by atoms with Crippen LogP contribution in [0.5, 0.6) is 0 Å². The van der Waals surface area contributed by atoms with Crippen LogP contribution in [0.25, 0.3) is 0 Å². The van der Waals surface area contributed by atoms with Crippen LogP contribution < -0.4 is 11.5 Å². The van der Waals surface area contributed by atoms with Crippen LogP contribution in [0.3, 0.4) is 0 Å². The van der Waals surface area contributed by atoms with Crippen LogP contribution in [0.2, 0.25) is 0 Å². The van der Waals surface area contributed by atoms with Gasteiger partial charge in [0, 0.05) is 18.8 Å². The van der Waals surface area contributed by atoms with E-state index in [9.17, 15) is 0 Å². The number of nitrogens with two attached hydrogens (primary N) is 2. The van der Waals surface area contributed by atoms with Gasteiger partial charge in [0.2, 0.25) is 0 Å². The highest BCUT2D eigenvalue weighted by Crippen LogP contribution is 2.17. The highest BCUT2D eigenvalue weighted by molar-refractivity contribution is 7.81. The van der Waals surface area contributed by atoms with Crippen LogP contribution >= 0.6 is 24.4 Å². The summed E-state index contributed by atoms with van der Waals surface area (Å²) in [5.74, 6) is 0.488. The molecule has 0 bridgehead atoms. The Kier molecular flexibility index (Phi) is 11.2. The second kappa shape index (κ2) is 12.2. The van der Waals surface area contributed by atoms with Gasteiger partial charge in [0.1, 0.15) is 39.0 Å². The van der Waals surface area contributed by atoms with Crippen molar-refractivity contribution in [3.63, 3.8) is 0 Å². The second-order valence-electron chi connectivity index (χ2n) is 5.32. The zero-order valence-electron chi connectivity index (χ0n) is 15.0. The summed E-state index contributed by atoms with van der Waals surface area (Å²) in [7, 11) is 0. The summed E-state index contributed by atoms with van der Waals surface area (Å²) >= 11 is 9.46. The van der Waals surface area contributed by atoms with E-state index in [1.807, 2.05) is 19.9 Å². The minimum atomic E-state index is 0.0819. The van der Waals surface area contributed by atoms with Crippen molar-refractivity contribution in [2.24, 2.45) is 11.5 Å². The number of nitriles is 2. The first-order chi connectivity index (χ1) is 11.8. The molecule has 136 valence electrons. The third kappa shape index (κ3) is 7.97. The van der Waals surface area contributed by atoms with E-state index in [4.69, 9.17) is 38.9 Å². The van der Waals surface area contributed by atoms with Gasteiger partial charge in [-0.1, -0.05) is 24.4 Å². The smallest absolute Gasteiger partial charge is 0.123 e. The van der Waals surface area contributed by atoms with Gasteiger partial charge in [0.15, 0.2) is 0 Å². The van der Waals surface area contributed by atoms with Crippen LogP contribution in [-0.2, 0) is 4.74 Å². The molecule has 0 spiro atoms. The number of allylic oxidation sites excluding steroid dienone is 2. The zero-order chi connectivity index (χ0) is 19.4. The lowest BCUT2D eigenvalue weighted by Crippen LogP contribution is -2.30. The van der Waals surface area contributed by atoms with Gasteiger partial charge in [0.25, 0.3) is 0 Å². The van der Waals surface area contributed by atoms with Crippen molar-refractivity contribution >= 4 is 34.4 Å². The Morgan fingerprint density at radius 1 is 1.00 bits per heavy atom. The fourth-order valence-corrected chi connectivity index (χ4v) is 2.68. The minimum Gasteiger partial charge on any atom is -0.497 e. The Balaban J connectivity index is 0.000000477. The lowest BCUT2D eigenvalue weighted by molar-refractivity contribution is 0.230. The maximum atomic E-state index is 8.90. The van der Waals surface area contributed by atoms with Gasteiger partial charge in [-0.3, -0.25) is 0 Å². The molecule has 0 aromatic heterocycles. The Labute approximate surface area is 160 Å². The highest BCUT2D eigenvalue weighted by atomic mass is 32.1. The summed E-state index contributed by atoms with van der Waals surface area (Å²) in [5.41, 5.74) is 12.4. The molecule has 0 unspecified atom stereocenters. The quantitative estimate of drug-likeness (QED) is 0.324. The Morgan fingerprint density at radius 3 is 1.84 bits per heavy atom. The number of thiocarbonyl (C=S) groups is 2. The van der Waals surface area contributed by atoms with Gasteiger partial charge in [-0.05, 0) is 40.0 Å². The molecule has 1 rings (SSSR count). The summed E-state index contributed by atoms with van der Waals surface area (Å²) in [4.78, 5) is 2.48.